The van der Waals surface area contributed by atoms with E-state index in [2.05, 4.69) is 22.2 Å². The van der Waals surface area contributed by atoms with Crippen molar-refractivity contribution < 1.29 is 9.53 Å². The summed E-state index contributed by atoms with van der Waals surface area (Å²) in [6.45, 7) is 6.97. The molecule has 0 aromatic carbocycles. The fourth-order valence-electron chi connectivity index (χ4n) is 3.61. The predicted molar refractivity (Wildman–Crippen MR) is 88.6 cm³/mol. The minimum atomic E-state index is 0.0222. The summed E-state index contributed by atoms with van der Waals surface area (Å²) in [6, 6.07) is 0.281. The third kappa shape index (κ3) is 3.93. The van der Waals surface area contributed by atoms with E-state index in [4.69, 9.17) is 4.74 Å². The van der Waals surface area contributed by atoms with Gasteiger partial charge in [-0.15, -0.1) is 0 Å². The maximum Gasteiger partial charge on any atom is 0.254 e. The largest absolute Gasteiger partial charge is 0.381 e. The molecular formula is C17H28N4O2. The molecule has 3 rings (SSSR count). The molecule has 6 nitrogen and oxygen atoms in total. The van der Waals surface area contributed by atoms with Crippen molar-refractivity contribution in [1.82, 2.24) is 20.0 Å². The van der Waals surface area contributed by atoms with Gasteiger partial charge >= 0.3 is 0 Å². The Morgan fingerprint density at radius 3 is 2.83 bits per heavy atom. The molecule has 2 aliphatic heterocycles. The van der Waals surface area contributed by atoms with Gasteiger partial charge < -0.3 is 15.0 Å². The number of nitrogens with zero attached hydrogens (tertiary/aromatic N) is 3. The van der Waals surface area contributed by atoms with Crippen LogP contribution >= 0.6 is 0 Å². The van der Waals surface area contributed by atoms with Crippen molar-refractivity contribution >= 4 is 5.91 Å². The summed E-state index contributed by atoms with van der Waals surface area (Å²) in [7, 11) is 1.87. The smallest absolute Gasteiger partial charge is 0.254 e. The topological polar surface area (TPSA) is 59.4 Å². The average molecular weight is 320 g/mol. The Balaban J connectivity index is 1.60. The first-order valence-corrected chi connectivity index (χ1v) is 8.82. The average Bonchev–Trinajstić information content (AvgIpc) is 3.18. The molecule has 1 aromatic heterocycles. The van der Waals surface area contributed by atoms with Crippen LogP contribution in [0.1, 0.15) is 54.6 Å². The lowest BCUT2D eigenvalue weighted by atomic mass is 10.00. The van der Waals surface area contributed by atoms with E-state index in [0.29, 0.717) is 6.61 Å². The molecule has 0 bridgehead atoms. The minimum absolute atomic E-state index is 0.0222. The SMILES string of the molecule is CCCN1CCC(NC(=O)c2cn(C)nc2[C@H]2CCOC2)CC1. The maximum absolute atomic E-state index is 12.7. The predicted octanol–water partition coefficient (Wildman–Crippen LogP) is 1.53. The molecule has 0 unspecified atom stereocenters. The number of aryl methyl sites for hydroxylation is 1. The van der Waals surface area contributed by atoms with Gasteiger partial charge in [0.1, 0.15) is 0 Å². The van der Waals surface area contributed by atoms with Crippen LogP contribution in [0.25, 0.3) is 0 Å². The van der Waals surface area contributed by atoms with Gasteiger partial charge in [0.2, 0.25) is 0 Å². The summed E-state index contributed by atoms with van der Waals surface area (Å²) in [6.07, 6.45) is 6.06. The van der Waals surface area contributed by atoms with Crippen molar-refractivity contribution in [1.29, 1.82) is 0 Å². The van der Waals surface area contributed by atoms with E-state index in [1.165, 1.54) is 6.42 Å². The number of nitrogens with one attached hydrogen (secondary N) is 1. The molecular weight excluding hydrogens is 292 g/mol. The number of hydrogen-bond acceptors (Lipinski definition) is 4. The summed E-state index contributed by atoms with van der Waals surface area (Å²) < 4.78 is 7.20. The third-order valence-corrected chi connectivity index (χ3v) is 4.88. The second-order valence-electron chi connectivity index (χ2n) is 6.75. The Morgan fingerprint density at radius 2 is 2.17 bits per heavy atom. The highest BCUT2D eigenvalue weighted by atomic mass is 16.5. The van der Waals surface area contributed by atoms with Crippen LogP contribution in [0, 0.1) is 0 Å². The summed E-state index contributed by atoms with van der Waals surface area (Å²) >= 11 is 0. The van der Waals surface area contributed by atoms with Crippen LogP contribution in [0.15, 0.2) is 6.20 Å². The first kappa shape index (κ1) is 16.5. The zero-order chi connectivity index (χ0) is 16.2. The highest BCUT2D eigenvalue weighted by molar-refractivity contribution is 5.95. The van der Waals surface area contributed by atoms with Crippen molar-refractivity contribution in [2.45, 2.75) is 44.6 Å². The van der Waals surface area contributed by atoms with Crippen LogP contribution in [-0.4, -0.2) is 59.5 Å². The van der Waals surface area contributed by atoms with Gasteiger partial charge in [-0.25, -0.2) is 0 Å². The van der Waals surface area contributed by atoms with E-state index >= 15 is 0 Å². The molecule has 1 N–H and O–H groups in total. The van der Waals surface area contributed by atoms with Crippen LogP contribution in [0.3, 0.4) is 0 Å². The molecule has 3 heterocycles. The normalized spacial score (nSPS) is 23.3. The first-order valence-electron chi connectivity index (χ1n) is 8.82. The molecule has 2 fully saturated rings. The summed E-state index contributed by atoms with van der Waals surface area (Å²) in [4.78, 5) is 15.2. The molecule has 6 heteroatoms. The lowest BCUT2D eigenvalue weighted by Crippen LogP contribution is -2.44. The van der Waals surface area contributed by atoms with Gasteiger partial charge in [-0.3, -0.25) is 9.48 Å². The van der Waals surface area contributed by atoms with Crippen molar-refractivity contribution in [3.8, 4) is 0 Å². The lowest BCUT2D eigenvalue weighted by molar-refractivity contribution is 0.0909. The van der Waals surface area contributed by atoms with Gasteiger partial charge in [0.15, 0.2) is 0 Å². The van der Waals surface area contributed by atoms with E-state index < -0.39 is 0 Å². The van der Waals surface area contributed by atoms with Crippen molar-refractivity contribution in [2.75, 3.05) is 32.8 Å². The van der Waals surface area contributed by atoms with Crippen LogP contribution in [0.2, 0.25) is 0 Å². The molecule has 1 amide bonds. The van der Waals surface area contributed by atoms with Crippen molar-refractivity contribution in [3.05, 3.63) is 17.5 Å². The molecule has 0 saturated carbocycles. The summed E-state index contributed by atoms with van der Waals surface area (Å²) in [5, 5.41) is 7.73. The molecule has 2 saturated heterocycles. The van der Waals surface area contributed by atoms with Gasteiger partial charge in [0.25, 0.3) is 5.91 Å². The van der Waals surface area contributed by atoms with Crippen LogP contribution < -0.4 is 5.32 Å². The Kier molecular flexibility index (Phi) is 5.33. The maximum atomic E-state index is 12.7. The van der Waals surface area contributed by atoms with Gasteiger partial charge in [-0.2, -0.15) is 5.10 Å². The molecule has 1 aromatic rings. The molecule has 128 valence electrons. The van der Waals surface area contributed by atoms with E-state index in [1.807, 2.05) is 13.2 Å². The van der Waals surface area contributed by atoms with Gasteiger partial charge in [-0.1, -0.05) is 6.92 Å². The van der Waals surface area contributed by atoms with Gasteiger partial charge in [0.05, 0.1) is 17.9 Å². The number of ether oxygens (including phenoxy) is 1. The van der Waals surface area contributed by atoms with Crippen LogP contribution in [0.5, 0.6) is 0 Å². The quantitative estimate of drug-likeness (QED) is 0.894. The summed E-state index contributed by atoms with van der Waals surface area (Å²) in [5.41, 5.74) is 1.62. The number of aromatic nitrogens is 2. The fraction of sp³-hybridized carbons (Fsp3) is 0.765. The Hall–Kier alpha value is -1.40. The van der Waals surface area contributed by atoms with E-state index in [-0.39, 0.29) is 17.9 Å². The number of rotatable bonds is 5. The Bertz CT molecular complexity index is 529. The lowest BCUT2D eigenvalue weighted by Gasteiger charge is -2.32. The molecule has 23 heavy (non-hydrogen) atoms. The van der Waals surface area contributed by atoms with Crippen molar-refractivity contribution in [3.63, 3.8) is 0 Å². The monoisotopic (exact) mass is 320 g/mol. The summed E-state index contributed by atoms with van der Waals surface area (Å²) in [5.74, 6) is 0.275. The molecule has 1 atom stereocenters. The molecule has 0 radical (unpaired) electrons. The zero-order valence-electron chi connectivity index (χ0n) is 14.3. The number of likely N-dealkylation sites (tertiary alicyclic amines) is 1. The third-order valence-electron chi connectivity index (χ3n) is 4.88. The van der Waals surface area contributed by atoms with Gasteiger partial charge in [-0.05, 0) is 32.2 Å². The Morgan fingerprint density at radius 1 is 1.39 bits per heavy atom. The number of carbonyl (C=O) groups excluding carboxylic acids is 1. The van der Waals surface area contributed by atoms with Gasteiger partial charge in [0, 0.05) is 44.9 Å². The number of piperidine rings is 1. The molecule has 2 aliphatic rings. The van der Waals surface area contributed by atoms with E-state index in [0.717, 1.165) is 56.8 Å². The van der Waals surface area contributed by atoms with Crippen LogP contribution in [0.4, 0.5) is 0 Å². The second kappa shape index (κ2) is 7.45. The van der Waals surface area contributed by atoms with Crippen LogP contribution in [-0.2, 0) is 11.8 Å². The van der Waals surface area contributed by atoms with E-state index in [1.54, 1.807) is 4.68 Å². The van der Waals surface area contributed by atoms with E-state index in [9.17, 15) is 4.79 Å². The second-order valence-corrected chi connectivity index (χ2v) is 6.75. The highest BCUT2D eigenvalue weighted by Crippen LogP contribution is 2.26. The number of amides is 1. The fourth-order valence-corrected chi connectivity index (χ4v) is 3.61. The zero-order valence-corrected chi connectivity index (χ0v) is 14.3. The minimum Gasteiger partial charge on any atom is -0.381 e. The number of hydrogen-bond donors (Lipinski definition) is 1. The molecule has 0 aliphatic carbocycles. The highest BCUT2D eigenvalue weighted by Gasteiger charge is 2.28. The number of carbonyl (C=O) groups is 1. The standard InChI is InChI=1S/C17H28N4O2/c1-3-7-21-8-4-14(5-9-21)18-17(22)15-11-20(2)19-16(15)13-6-10-23-12-13/h11,13-14H,3-10,12H2,1-2H3,(H,18,22)/t13-/m0/s1. The first-order chi connectivity index (χ1) is 11.2. The Labute approximate surface area is 138 Å². The molecule has 0 spiro atoms. The van der Waals surface area contributed by atoms with Crippen molar-refractivity contribution in [2.24, 2.45) is 7.05 Å².